The van der Waals surface area contributed by atoms with Gasteiger partial charge in [0.15, 0.2) is 0 Å². The second kappa shape index (κ2) is 4.24. The maximum absolute atomic E-state index is 11.8. The van der Waals surface area contributed by atoms with Crippen LogP contribution in [-0.4, -0.2) is 46.8 Å². The van der Waals surface area contributed by atoms with Crippen LogP contribution in [0.4, 0.5) is 4.79 Å². The highest BCUT2D eigenvalue weighted by Crippen LogP contribution is 2.20. The first-order valence-electron chi connectivity index (χ1n) is 5.82. The molecule has 1 saturated heterocycles. The van der Waals surface area contributed by atoms with Crippen LogP contribution < -0.4 is 0 Å². The third-order valence-corrected chi connectivity index (χ3v) is 2.58. The van der Waals surface area contributed by atoms with Crippen molar-refractivity contribution in [2.45, 2.75) is 52.7 Å². The summed E-state index contributed by atoms with van der Waals surface area (Å²) in [7, 11) is 0. The Morgan fingerprint density at radius 1 is 1.06 bits per heavy atom. The first-order chi connectivity index (χ1) is 7.09. The molecule has 1 heterocycles. The van der Waals surface area contributed by atoms with Gasteiger partial charge in [0.25, 0.3) is 0 Å². The molecule has 0 aromatic rings. The standard InChI is InChI=1S/C12H24N2O2/c1-11(2,3)14-8-7-13(9-14)10(15)16-12(4,5)6/h7-9H2,1-6H3. The number of carbonyl (C=O) groups is 1. The molecule has 4 nitrogen and oxygen atoms in total. The number of rotatable bonds is 0. The quantitative estimate of drug-likeness (QED) is 0.637. The Morgan fingerprint density at radius 3 is 2.00 bits per heavy atom. The van der Waals surface area contributed by atoms with Crippen molar-refractivity contribution in [1.29, 1.82) is 0 Å². The van der Waals surface area contributed by atoms with Gasteiger partial charge >= 0.3 is 6.09 Å². The summed E-state index contributed by atoms with van der Waals surface area (Å²) >= 11 is 0. The number of carbonyl (C=O) groups excluding carboxylic acids is 1. The fraction of sp³-hybridized carbons (Fsp3) is 0.917. The number of hydrogen-bond donors (Lipinski definition) is 0. The van der Waals surface area contributed by atoms with Crippen LogP contribution in [0.1, 0.15) is 41.5 Å². The van der Waals surface area contributed by atoms with E-state index in [1.165, 1.54) is 0 Å². The lowest BCUT2D eigenvalue weighted by Gasteiger charge is -2.31. The van der Waals surface area contributed by atoms with Crippen molar-refractivity contribution in [3.63, 3.8) is 0 Å². The lowest BCUT2D eigenvalue weighted by atomic mass is 10.1. The minimum absolute atomic E-state index is 0.108. The summed E-state index contributed by atoms with van der Waals surface area (Å²) < 4.78 is 5.34. The Kier molecular flexibility index (Phi) is 3.53. The Bertz CT molecular complexity index is 263. The molecular weight excluding hydrogens is 204 g/mol. The molecule has 0 N–H and O–H groups in total. The topological polar surface area (TPSA) is 32.8 Å². The highest BCUT2D eigenvalue weighted by molar-refractivity contribution is 5.68. The Morgan fingerprint density at radius 2 is 1.62 bits per heavy atom. The van der Waals surface area contributed by atoms with E-state index in [0.29, 0.717) is 6.67 Å². The van der Waals surface area contributed by atoms with E-state index >= 15 is 0 Å². The average Bonchev–Trinajstić information content (AvgIpc) is 2.46. The lowest BCUT2D eigenvalue weighted by Crippen LogP contribution is -2.42. The highest BCUT2D eigenvalue weighted by atomic mass is 16.6. The molecule has 0 aliphatic carbocycles. The smallest absolute Gasteiger partial charge is 0.411 e. The predicted octanol–water partition coefficient (Wildman–Crippen LogP) is 2.30. The molecule has 94 valence electrons. The monoisotopic (exact) mass is 228 g/mol. The zero-order valence-corrected chi connectivity index (χ0v) is 11.3. The Labute approximate surface area is 98.5 Å². The summed E-state index contributed by atoms with van der Waals surface area (Å²) in [5, 5.41) is 0. The van der Waals surface area contributed by atoms with Crippen molar-refractivity contribution >= 4 is 6.09 Å². The number of nitrogens with zero attached hydrogens (tertiary/aromatic N) is 2. The van der Waals surface area contributed by atoms with Crippen molar-refractivity contribution in [3.05, 3.63) is 0 Å². The van der Waals surface area contributed by atoms with E-state index in [1.54, 1.807) is 4.90 Å². The van der Waals surface area contributed by atoms with Crippen molar-refractivity contribution in [2.75, 3.05) is 19.8 Å². The molecule has 1 amide bonds. The first-order valence-corrected chi connectivity index (χ1v) is 5.82. The fourth-order valence-corrected chi connectivity index (χ4v) is 1.61. The maximum atomic E-state index is 11.8. The fourth-order valence-electron chi connectivity index (χ4n) is 1.61. The van der Waals surface area contributed by atoms with Gasteiger partial charge in [-0.25, -0.2) is 4.79 Å². The lowest BCUT2D eigenvalue weighted by molar-refractivity contribution is 0.0235. The van der Waals surface area contributed by atoms with Gasteiger partial charge in [0.2, 0.25) is 0 Å². The molecule has 0 unspecified atom stereocenters. The molecule has 0 spiro atoms. The van der Waals surface area contributed by atoms with Gasteiger partial charge in [0.1, 0.15) is 5.60 Å². The molecule has 0 bridgehead atoms. The van der Waals surface area contributed by atoms with Crippen LogP contribution >= 0.6 is 0 Å². The summed E-state index contributed by atoms with van der Waals surface area (Å²) in [5.74, 6) is 0. The summed E-state index contributed by atoms with van der Waals surface area (Å²) in [5.41, 5.74) is -0.303. The van der Waals surface area contributed by atoms with Gasteiger partial charge < -0.3 is 4.74 Å². The Balaban J connectivity index is 2.51. The van der Waals surface area contributed by atoms with Gasteiger partial charge in [0, 0.05) is 18.6 Å². The number of amides is 1. The molecule has 1 fully saturated rings. The summed E-state index contributed by atoms with van der Waals surface area (Å²) in [6.07, 6.45) is -0.209. The second-order valence-corrected chi connectivity index (χ2v) is 6.32. The van der Waals surface area contributed by atoms with Crippen LogP contribution in [0.25, 0.3) is 0 Å². The van der Waals surface area contributed by atoms with Gasteiger partial charge in [-0.3, -0.25) is 9.80 Å². The largest absolute Gasteiger partial charge is 0.444 e. The normalized spacial score (nSPS) is 19.0. The molecule has 4 heteroatoms. The summed E-state index contributed by atoms with van der Waals surface area (Å²) in [6, 6.07) is 0. The van der Waals surface area contributed by atoms with Crippen LogP contribution in [0.2, 0.25) is 0 Å². The predicted molar refractivity (Wildman–Crippen MR) is 64.3 cm³/mol. The summed E-state index contributed by atoms with van der Waals surface area (Å²) in [6.45, 7) is 14.5. The molecule has 1 aliphatic heterocycles. The van der Waals surface area contributed by atoms with Gasteiger partial charge in [-0.2, -0.15) is 0 Å². The molecule has 0 aromatic heterocycles. The third kappa shape index (κ3) is 3.67. The second-order valence-electron chi connectivity index (χ2n) is 6.32. The van der Waals surface area contributed by atoms with E-state index in [9.17, 15) is 4.79 Å². The minimum Gasteiger partial charge on any atom is -0.444 e. The SMILES string of the molecule is CC(C)(C)OC(=O)N1CCN(C(C)(C)C)C1. The van der Waals surface area contributed by atoms with Crippen molar-refractivity contribution in [1.82, 2.24) is 9.80 Å². The van der Waals surface area contributed by atoms with Crippen LogP contribution in [-0.2, 0) is 4.74 Å². The van der Waals surface area contributed by atoms with Crippen LogP contribution in [0, 0.1) is 0 Å². The van der Waals surface area contributed by atoms with Crippen LogP contribution in [0.3, 0.4) is 0 Å². The van der Waals surface area contributed by atoms with E-state index < -0.39 is 5.60 Å². The molecule has 0 aromatic carbocycles. The maximum Gasteiger partial charge on any atom is 0.411 e. The first kappa shape index (κ1) is 13.3. The van der Waals surface area contributed by atoms with Gasteiger partial charge in [-0.1, -0.05) is 0 Å². The molecule has 16 heavy (non-hydrogen) atoms. The summed E-state index contributed by atoms with van der Waals surface area (Å²) in [4.78, 5) is 15.8. The highest BCUT2D eigenvalue weighted by Gasteiger charge is 2.33. The number of hydrogen-bond acceptors (Lipinski definition) is 3. The molecule has 0 radical (unpaired) electrons. The molecule has 0 saturated carbocycles. The Hall–Kier alpha value is -0.770. The number of ether oxygens (including phenoxy) is 1. The average molecular weight is 228 g/mol. The van der Waals surface area contributed by atoms with Crippen LogP contribution in [0.5, 0.6) is 0 Å². The van der Waals surface area contributed by atoms with E-state index in [2.05, 4.69) is 25.7 Å². The van der Waals surface area contributed by atoms with E-state index in [1.807, 2.05) is 20.8 Å². The molecule has 0 atom stereocenters. The van der Waals surface area contributed by atoms with E-state index in [0.717, 1.165) is 13.1 Å². The zero-order valence-electron chi connectivity index (χ0n) is 11.3. The van der Waals surface area contributed by atoms with Gasteiger partial charge in [0.05, 0.1) is 6.67 Å². The molecular formula is C12H24N2O2. The van der Waals surface area contributed by atoms with Gasteiger partial charge in [-0.15, -0.1) is 0 Å². The van der Waals surface area contributed by atoms with Crippen LogP contribution in [0.15, 0.2) is 0 Å². The minimum atomic E-state index is -0.410. The third-order valence-electron chi connectivity index (χ3n) is 2.58. The van der Waals surface area contributed by atoms with Crippen molar-refractivity contribution in [3.8, 4) is 0 Å². The molecule has 1 aliphatic rings. The van der Waals surface area contributed by atoms with Gasteiger partial charge in [-0.05, 0) is 41.5 Å². The van der Waals surface area contributed by atoms with E-state index in [-0.39, 0.29) is 11.6 Å². The molecule has 1 rings (SSSR count). The van der Waals surface area contributed by atoms with E-state index in [4.69, 9.17) is 4.74 Å². The van der Waals surface area contributed by atoms with Crippen molar-refractivity contribution < 1.29 is 9.53 Å². The zero-order chi connectivity index (χ0) is 12.6. The van der Waals surface area contributed by atoms with Crippen molar-refractivity contribution in [2.24, 2.45) is 0 Å².